The van der Waals surface area contributed by atoms with Gasteiger partial charge in [-0.1, -0.05) is 15.9 Å². The molecule has 0 aliphatic rings. The van der Waals surface area contributed by atoms with Gasteiger partial charge in [-0.05, 0) is 38.0 Å². The number of ether oxygens (including phenoxy) is 1. The fraction of sp³-hybridized carbons (Fsp3) is 0.417. The second kappa shape index (κ2) is 5.04. The van der Waals surface area contributed by atoms with E-state index in [0.717, 1.165) is 0 Å². The Labute approximate surface area is 108 Å². The third kappa shape index (κ3) is 3.19. The Morgan fingerprint density at radius 2 is 2.12 bits per heavy atom. The molecule has 0 saturated heterocycles. The molecule has 0 unspecified atom stereocenters. The van der Waals surface area contributed by atoms with Gasteiger partial charge in [0.1, 0.15) is 0 Å². The summed E-state index contributed by atoms with van der Waals surface area (Å²) in [4.78, 5) is 11.0. The molecule has 0 heterocycles. The first kappa shape index (κ1) is 14.0. The largest absolute Gasteiger partial charge is 0.494 e. The third-order valence-corrected chi connectivity index (χ3v) is 2.97. The van der Waals surface area contributed by atoms with Crippen molar-refractivity contribution < 1.29 is 19.0 Å². The Bertz CT molecular complexity index is 444. The predicted molar refractivity (Wildman–Crippen MR) is 65.8 cm³/mol. The number of aliphatic carboxylic acids is 1. The second-order valence-corrected chi connectivity index (χ2v) is 5.36. The molecule has 0 aliphatic carbocycles. The number of carboxylic acid groups (broad SMARTS) is 1. The zero-order valence-electron chi connectivity index (χ0n) is 9.88. The molecular weight excluding hydrogens is 291 g/mol. The fourth-order valence-corrected chi connectivity index (χ4v) is 1.93. The van der Waals surface area contributed by atoms with Crippen molar-refractivity contribution in [2.45, 2.75) is 20.3 Å². The number of carbonyl (C=O) groups is 1. The maximum absolute atomic E-state index is 13.9. The van der Waals surface area contributed by atoms with Crippen molar-refractivity contribution in [3.05, 3.63) is 28.0 Å². The molecule has 0 fully saturated rings. The van der Waals surface area contributed by atoms with Gasteiger partial charge < -0.3 is 9.84 Å². The van der Waals surface area contributed by atoms with Gasteiger partial charge in [0.15, 0.2) is 11.6 Å². The summed E-state index contributed by atoms with van der Waals surface area (Å²) in [5.74, 6) is -1.36. The van der Waals surface area contributed by atoms with Gasteiger partial charge in [0, 0.05) is 4.47 Å². The molecule has 0 saturated carbocycles. The van der Waals surface area contributed by atoms with Crippen LogP contribution < -0.4 is 4.74 Å². The van der Waals surface area contributed by atoms with Crippen LogP contribution in [0.5, 0.6) is 5.75 Å². The molecule has 0 aliphatic heterocycles. The van der Waals surface area contributed by atoms with Crippen molar-refractivity contribution in [1.29, 1.82) is 0 Å². The Morgan fingerprint density at radius 1 is 1.53 bits per heavy atom. The lowest BCUT2D eigenvalue weighted by Crippen LogP contribution is -2.26. The van der Waals surface area contributed by atoms with Crippen LogP contribution in [-0.4, -0.2) is 18.2 Å². The van der Waals surface area contributed by atoms with Crippen molar-refractivity contribution in [2.75, 3.05) is 7.11 Å². The van der Waals surface area contributed by atoms with E-state index < -0.39 is 17.2 Å². The molecule has 0 bridgehead atoms. The quantitative estimate of drug-likeness (QED) is 0.929. The predicted octanol–water partition coefficient (Wildman–Crippen LogP) is 3.25. The molecule has 1 aromatic rings. The molecule has 0 spiro atoms. The van der Waals surface area contributed by atoms with Crippen LogP contribution >= 0.6 is 15.9 Å². The highest BCUT2D eigenvalue weighted by atomic mass is 79.9. The molecule has 94 valence electrons. The number of hydrogen-bond acceptors (Lipinski definition) is 2. The maximum atomic E-state index is 13.9. The molecule has 5 heteroatoms. The zero-order chi connectivity index (χ0) is 13.2. The number of rotatable bonds is 4. The molecule has 0 atom stereocenters. The van der Waals surface area contributed by atoms with E-state index in [2.05, 4.69) is 15.9 Å². The normalized spacial score (nSPS) is 11.4. The van der Waals surface area contributed by atoms with Crippen LogP contribution in [0.1, 0.15) is 19.4 Å². The minimum absolute atomic E-state index is 0.101. The molecule has 1 N–H and O–H groups in total. The molecular formula is C12H14BrFO3. The number of hydrogen-bond donors (Lipinski definition) is 1. The van der Waals surface area contributed by atoms with Crippen LogP contribution in [-0.2, 0) is 11.2 Å². The second-order valence-electron chi connectivity index (χ2n) is 4.45. The monoisotopic (exact) mass is 304 g/mol. The van der Waals surface area contributed by atoms with Crippen molar-refractivity contribution in [3.63, 3.8) is 0 Å². The van der Waals surface area contributed by atoms with Crippen LogP contribution in [0, 0.1) is 11.2 Å². The van der Waals surface area contributed by atoms with Crippen molar-refractivity contribution in [1.82, 2.24) is 0 Å². The first-order valence-electron chi connectivity index (χ1n) is 5.03. The van der Waals surface area contributed by atoms with E-state index in [4.69, 9.17) is 9.84 Å². The van der Waals surface area contributed by atoms with Gasteiger partial charge in [-0.25, -0.2) is 4.39 Å². The Balaban J connectivity index is 3.15. The molecule has 1 rings (SSSR count). The minimum atomic E-state index is -1.02. The van der Waals surface area contributed by atoms with E-state index in [0.29, 0.717) is 10.0 Å². The summed E-state index contributed by atoms with van der Waals surface area (Å²) >= 11 is 3.24. The van der Waals surface area contributed by atoms with Gasteiger partial charge in [-0.3, -0.25) is 4.79 Å². The number of methoxy groups -OCH3 is 1. The zero-order valence-corrected chi connectivity index (χ0v) is 11.5. The number of benzene rings is 1. The minimum Gasteiger partial charge on any atom is -0.494 e. The van der Waals surface area contributed by atoms with Gasteiger partial charge in [-0.2, -0.15) is 0 Å². The van der Waals surface area contributed by atoms with E-state index in [9.17, 15) is 9.18 Å². The van der Waals surface area contributed by atoms with Crippen molar-refractivity contribution in [3.8, 4) is 5.75 Å². The van der Waals surface area contributed by atoms with E-state index >= 15 is 0 Å². The van der Waals surface area contributed by atoms with Gasteiger partial charge in [0.25, 0.3) is 0 Å². The van der Waals surface area contributed by atoms with E-state index in [1.165, 1.54) is 13.2 Å². The SMILES string of the molecule is COc1cc(Br)cc(CC(C)(C)C(=O)O)c1F. The lowest BCUT2D eigenvalue weighted by molar-refractivity contribution is -0.146. The summed E-state index contributed by atoms with van der Waals surface area (Å²) in [6.07, 6.45) is 0.101. The van der Waals surface area contributed by atoms with Crippen LogP contribution in [0.2, 0.25) is 0 Å². The van der Waals surface area contributed by atoms with Gasteiger partial charge in [0.05, 0.1) is 12.5 Å². The topological polar surface area (TPSA) is 46.5 Å². The molecule has 17 heavy (non-hydrogen) atoms. The summed E-state index contributed by atoms with van der Waals surface area (Å²) in [6, 6.07) is 3.08. The average Bonchev–Trinajstić information content (AvgIpc) is 2.22. The van der Waals surface area contributed by atoms with Crippen molar-refractivity contribution in [2.24, 2.45) is 5.41 Å². The molecule has 0 aromatic heterocycles. The number of halogens is 2. The highest BCUT2D eigenvalue weighted by Gasteiger charge is 2.29. The van der Waals surface area contributed by atoms with Crippen LogP contribution in [0.3, 0.4) is 0 Å². The Kier molecular flexibility index (Phi) is 4.14. The first-order valence-corrected chi connectivity index (χ1v) is 5.82. The number of carboxylic acids is 1. The third-order valence-electron chi connectivity index (χ3n) is 2.51. The average molecular weight is 305 g/mol. The molecule has 1 aromatic carbocycles. The van der Waals surface area contributed by atoms with Crippen LogP contribution in [0.25, 0.3) is 0 Å². The van der Waals surface area contributed by atoms with Gasteiger partial charge >= 0.3 is 5.97 Å². The Hall–Kier alpha value is -1.10. The van der Waals surface area contributed by atoms with E-state index in [1.807, 2.05) is 0 Å². The molecule has 3 nitrogen and oxygen atoms in total. The van der Waals surface area contributed by atoms with Crippen LogP contribution in [0.4, 0.5) is 4.39 Å². The summed E-state index contributed by atoms with van der Waals surface area (Å²) in [5, 5.41) is 9.02. The Morgan fingerprint density at radius 3 is 2.59 bits per heavy atom. The maximum Gasteiger partial charge on any atom is 0.309 e. The van der Waals surface area contributed by atoms with Crippen molar-refractivity contribution >= 4 is 21.9 Å². The van der Waals surface area contributed by atoms with Crippen LogP contribution in [0.15, 0.2) is 16.6 Å². The highest BCUT2D eigenvalue weighted by Crippen LogP contribution is 2.31. The fourth-order valence-electron chi connectivity index (χ4n) is 1.45. The molecule has 0 amide bonds. The van der Waals surface area contributed by atoms with Gasteiger partial charge in [-0.15, -0.1) is 0 Å². The lowest BCUT2D eigenvalue weighted by Gasteiger charge is -2.20. The summed E-state index contributed by atoms with van der Waals surface area (Å²) in [7, 11) is 1.37. The smallest absolute Gasteiger partial charge is 0.309 e. The highest BCUT2D eigenvalue weighted by molar-refractivity contribution is 9.10. The lowest BCUT2D eigenvalue weighted by atomic mass is 9.86. The summed E-state index contributed by atoms with van der Waals surface area (Å²) in [6.45, 7) is 3.12. The summed E-state index contributed by atoms with van der Waals surface area (Å²) < 4.78 is 19.5. The molecule has 0 radical (unpaired) electrons. The first-order chi connectivity index (χ1) is 7.77. The summed E-state index contributed by atoms with van der Waals surface area (Å²) in [5.41, 5.74) is -0.698. The standard InChI is InChI=1S/C12H14BrFO3/c1-12(2,11(15)16)6-7-4-8(13)5-9(17-3)10(7)14/h4-5H,6H2,1-3H3,(H,15,16). The van der Waals surface area contributed by atoms with E-state index in [1.54, 1.807) is 19.9 Å². The van der Waals surface area contributed by atoms with Gasteiger partial charge in [0.2, 0.25) is 0 Å². The van der Waals surface area contributed by atoms with E-state index in [-0.39, 0.29) is 12.2 Å².